The summed E-state index contributed by atoms with van der Waals surface area (Å²) in [7, 11) is 0. The molecule has 0 saturated carbocycles. The topological polar surface area (TPSA) is 93.1 Å². The van der Waals surface area contributed by atoms with E-state index in [1.54, 1.807) is 12.3 Å². The molecule has 2 N–H and O–H groups in total. The summed E-state index contributed by atoms with van der Waals surface area (Å²) in [6.45, 7) is 7.47. The van der Waals surface area contributed by atoms with E-state index < -0.39 is 5.92 Å². The summed E-state index contributed by atoms with van der Waals surface area (Å²) < 4.78 is 1.35. The first-order valence-corrected chi connectivity index (χ1v) is 7.88. The first-order valence-electron chi connectivity index (χ1n) is 7.88. The molecule has 23 heavy (non-hydrogen) atoms. The van der Waals surface area contributed by atoms with Gasteiger partial charge in [-0.25, -0.2) is 4.68 Å². The Morgan fingerprint density at radius 2 is 2.17 bits per heavy atom. The van der Waals surface area contributed by atoms with Crippen LogP contribution in [0.25, 0.3) is 0 Å². The fourth-order valence-corrected chi connectivity index (χ4v) is 2.83. The second-order valence-corrected chi connectivity index (χ2v) is 6.92. The molecule has 0 aromatic carbocycles. The monoisotopic (exact) mass is 320 g/mol. The fourth-order valence-electron chi connectivity index (χ4n) is 2.83. The van der Waals surface area contributed by atoms with E-state index in [1.165, 1.54) is 10.7 Å². The SMILES string of the molecule is CC(C)(C)C1CNC(=O)C1C(=O)NCCCn1ncccc1=O. The lowest BCUT2D eigenvalue weighted by Gasteiger charge is -2.29. The van der Waals surface area contributed by atoms with Gasteiger partial charge in [-0.3, -0.25) is 14.4 Å². The fraction of sp³-hybridized carbons (Fsp3) is 0.625. The maximum Gasteiger partial charge on any atom is 0.266 e. The largest absolute Gasteiger partial charge is 0.355 e. The Bertz CT molecular complexity index is 633. The van der Waals surface area contributed by atoms with Gasteiger partial charge in [-0.1, -0.05) is 20.8 Å². The van der Waals surface area contributed by atoms with Crippen LogP contribution in [0.4, 0.5) is 0 Å². The molecule has 0 aliphatic carbocycles. The predicted molar refractivity (Wildman–Crippen MR) is 85.6 cm³/mol. The van der Waals surface area contributed by atoms with Crippen molar-refractivity contribution in [2.24, 2.45) is 17.3 Å². The molecule has 2 rings (SSSR count). The minimum atomic E-state index is -0.646. The average molecular weight is 320 g/mol. The lowest BCUT2D eigenvalue weighted by atomic mass is 9.74. The number of aryl methyl sites for hydroxylation is 1. The van der Waals surface area contributed by atoms with Crippen molar-refractivity contribution in [3.8, 4) is 0 Å². The molecule has 126 valence electrons. The van der Waals surface area contributed by atoms with Crippen molar-refractivity contribution in [2.45, 2.75) is 33.7 Å². The summed E-state index contributed by atoms with van der Waals surface area (Å²) in [4.78, 5) is 35.8. The zero-order valence-electron chi connectivity index (χ0n) is 13.8. The Balaban J connectivity index is 1.86. The molecule has 1 fully saturated rings. The zero-order chi connectivity index (χ0) is 17.0. The predicted octanol–water partition coefficient (Wildman–Crippen LogP) is 0.158. The van der Waals surface area contributed by atoms with Crippen LogP contribution >= 0.6 is 0 Å². The maximum atomic E-state index is 12.3. The highest BCUT2D eigenvalue weighted by Crippen LogP contribution is 2.35. The van der Waals surface area contributed by atoms with Crippen LogP contribution in [0.2, 0.25) is 0 Å². The van der Waals surface area contributed by atoms with Crippen LogP contribution in [-0.4, -0.2) is 34.7 Å². The third-order valence-electron chi connectivity index (χ3n) is 4.21. The van der Waals surface area contributed by atoms with Crippen LogP contribution in [0.1, 0.15) is 27.2 Å². The number of carbonyl (C=O) groups is 2. The van der Waals surface area contributed by atoms with Gasteiger partial charge in [-0.05, 0) is 17.9 Å². The molecule has 1 aliphatic heterocycles. The van der Waals surface area contributed by atoms with E-state index in [4.69, 9.17) is 0 Å². The van der Waals surface area contributed by atoms with Crippen LogP contribution in [0.15, 0.2) is 23.1 Å². The maximum absolute atomic E-state index is 12.3. The van der Waals surface area contributed by atoms with Gasteiger partial charge in [0.2, 0.25) is 11.8 Å². The molecule has 2 amide bonds. The molecule has 1 aliphatic rings. The van der Waals surface area contributed by atoms with Crippen molar-refractivity contribution in [1.82, 2.24) is 20.4 Å². The number of carbonyl (C=O) groups excluding carboxylic acids is 2. The quantitative estimate of drug-likeness (QED) is 0.597. The summed E-state index contributed by atoms with van der Waals surface area (Å²) in [5.41, 5.74) is -0.288. The van der Waals surface area contributed by atoms with E-state index in [0.717, 1.165) is 0 Å². The van der Waals surface area contributed by atoms with Crippen LogP contribution in [0.5, 0.6) is 0 Å². The van der Waals surface area contributed by atoms with Gasteiger partial charge in [0.15, 0.2) is 0 Å². The highest BCUT2D eigenvalue weighted by Gasteiger charge is 2.45. The second kappa shape index (κ2) is 6.93. The van der Waals surface area contributed by atoms with Crippen molar-refractivity contribution >= 4 is 11.8 Å². The molecule has 2 unspecified atom stereocenters. The number of nitrogens with one attached hydrogen (secondary N) is 2. The molecule has 1 aromatic rings. The van der Waals surface area contributed by atoms with Gasteiger partial charge in [-0.15, -0.1) is 0 Å². The Kier molecular flexibility index (Phi) is 5.18. The number of rotatable bonds is 5. The average Bonchev–Trinajstić information content (AvgIpc) is 2.87. The van der Waals surface area contributed by atoms with E-state index in [0.29, 0.717) is 26.1 Å². The molecule has 7 heteroatoms. The standard InChI is InChI=1S/C16H24N4O3/c1-16(2,3)11-10-18-15(23)13(11)14(22)17-7-5-9-20-12(21)6-4-8-19-20/h4,6,8,11,13H,5,7,9-10H2,1-3H3,(H,17,22)(H,18,23). The summed E-state index contributed by atoms with van der Waals surface area (Å²) in [5.74, 6) is -1.11. The first kappa shape index (κ1) is 17.2. The van der Waals surface area contributed by atoms with Gasteiger partial charge >= 0.3 is 0 Å². The second-order valence-electron chi connectivity index (χ2n) is 6.92. The van der Waals surface area contributed by atoms with Crippen molar-refractivity contribution < 1.29 is 9.59 Å². The minimum Gasteiger partial charge on any atom is -0.355 e. The van der Waals surface area contributed by atoms with Crippen molar-refractivity contribution in [3.05, 3.63) is 28.7 Å². The molecule has 0 radical (unpaired) electrons. The van der Waals surface area contributed by atoms with Gasteiger partial charge in [0.1, 0.15) is 5.92 Å². The van der Waals surface area contributed by atoms with E-state index in [1.807, 2.05) is 20.8 Å². The molecule has 2 heterocycles. The highest BCUT2D eigenvalue weighted by molar-refractivity contribution is 6.02. The summed E-state index contributed by atoms with van der Waals surface area (Å²) in [6.07, 6.45) is 2.13. The van der Waals surface area contributed by atoms with Crippen LogP contribution in [0, 0.1) is 17.3 Å². The van der Waals surface area contributed by atoms with Gasteiger partial charge in [0, 0.05) is 37.8 Å². The van der Waals surface area contributed by atoms with Crippen LogP contribution in [-0.2, 0) is 16.1 Å². The molecule has 7 nitrogen and oxygen atoms in total. The van der Waals surface area contributed by atoms with Crippen molar-refractivity contribution in [1.29, 1.82) is 0 Å². The van der Waals surface area contributed by atoms with E-state index in [2.05, 4.69) is 15.7 Å². The molecule has 0 spiro atoms. The normalized spacial score (nSPS) is 21.1. The smallest absolute Gasteiger partial charge is 0.266 e. The molecule has 1 saturated heterocycles. The molecule has 1 aromatic heterocycles. The molecule has 0 bridgehead atoms. The van der Waals surface area contributed by atoms with Crippen molar-refractivity contribution in [2.75, 3.05) is 13.1 Å². The Morgan fingerprint density at radius 3 is 2.83 bits per heavy atom. The van der Waals surface area contributed by atoms with Crippen molar-refractivity contribution in [3.63, 3.8) is 0 Å². The molecular formula is C16H24N4O3. The summed E-state index contributed by atoms with van der Waals surface area (Å²) in [6, 6.07) is 3.04. The number of hydrogen-bond donors (Lipinski definition) is 2. The van der Waals surface area contributed by atoms with Gasteiger partial charge in [0.25, 0.3) is 5.56 Å². The molecule has 2 atom stereocenters. The van der Waals surface area contributed by atoms with E-state index in [-0.39, 0.29) is 28.7 Å². The lowest BCUT2D eigenvalue weighted by Crippen LogP contribution is -2.41. The minimum absolute atomic E-state index is 0.0200. The number of aromatic nitrogens is 2. The lowest BCUT2D eigenvalue weighted by molar-refractivity contribution is -0.135. The summed E-state index contributed by atoms with van der Waals surface area (Å²) in [5, 5.41) is 9.54. The zero-order valence-corrected chi connectivity index (χ0v) is 13.8. The molecular weight excluding hydrogens is 296 g/mol. The highest BCUT2D eigenvalue weighted by atomic mass is 16.2. The van der Waals surface area contributed by atoms with E-state index >= 15 is 0 Å². The van der Waals surface area contributed by atoms with Gasteiger partial charge < -0.3 is 10.6 Å². The van der Waals surface area contributed by atoms with Crippen LogP contribution in [0.3, 0.4) is 0 Å². The first-order chi connectivity index (χ1) is 10.8. The van der Waals surface area contributed by atoms with E-state index in [9.17, 15) is 14.4 Å². The summed E-state index contributed by atoms with van der Waals surface area (Å²) >= 11 is 0. The Labute approximate surface area is 135 Å². The third-order valence-corrected chi connectivity index (χ3v) is 4.21. The number of amides is 2. The van der Waals surface area contributed by atoms with Crippen LogP contribution < -0.4 is 16.2 Å². The van der Waals surface area contributed by atoms with Gasteiger partial charge in [0.05, 0.1) is 0 Å². The van der Waals surface area contributed by atoms with Gasteiger partial charge in [-0.2, -0.15) is 5.10 Å². The Morgan fingerprint density at radius 1 is 1.43 bits per heavy atom. The third kappa shape index (κ3) is 4.18. The number of nitrogens with zero attached hydrogens (tertiary/aromatic N) is 2. The number of hydrogen-bond acceptors (Lipinski definition) is 4. The Hall–Kier alpha value is -2.18.